The van der Waals surface area contributed by atoms with Crippen LogP contribution in [0.25, 0.3) is 0 Å². The molecule has 0 aromatic rings. The highest BCUT2D eigenvalue weighted by Gasteiger charge is 2.18. The second-order valence-electron chi connectivity index (χ2n) is 7.04. The number of carbonyl (C=O) groups excluding carboxylic acids is 2. The van der Waals surface area contributed by atoms with Crippen LogP contribution in [0.15, 0.2) is 10.2 Å². The lowest BCUT2D eigenvalue weighted by molar-refractivity contribution is 0.0306. The first-order chi connectivity index (χ1) is 13.2. The molecule has 3 aliphatic rings. The van der Waals surface area contributed by atoms with Gasteiger partial charge in [-0.25, -0.2) is 9.59 Å². The van der Waals surface area contributed by atoms with Crippen molar-refractivity contribution in [2.24, 2.45) is 10.2 Å². The Morgan fingerprint density at radius 3 is 1.59 bits per heavy atom. The number of azo groups is 1. The number of carbonyl (C=O) groups is 2. The minimum Gasteiger partial charge on any atom is -0.395 e. The zero-order valence-electron chi connectivity index (χ0n) is 16.2. The Hall–Kier alpha value is -1.58. The normalized spacial score (nSPS) is 21.7. The molecule has 3 heterocycles. The summed E-state index contributed by atoms with van der Waals surface area (Å²) >= 11 is 0. The molecule has 1 N–H and O–H groups in total. The third kappa shape index (κ3) is 8.32. The average molecular weight is 383 g/mol. The number of ether oxygens (including phenoxy) is 1. The molecule has 0 bridgehead atoms. The summed E-state index contributed by atoms with van der Waals surface area (Å²) in [6.07, 6.45) is 6.38. The first kappa shape index (κ1) is 21.7. The lowest BCUT2D eigenvalue weighted by atomic mass is 10.1. The Labute approximate surface area is 161 Å². The number of likely N-dealkylation sites (tertiary alicyclic amines) is 2. The molecule has 0 atom stereocenters. The van der Waals surface area contributed by atoms with Gasteiger partial charge in [0.05, 0.1) is 19.8 Å². The quantitative estimate of drug-likeness (QED) is 0.735. The maximum atomic E-state index is 11.7. The largest absolute Gasteiger partial charge is 0.395 e. The molecule has 3 fully saturated rings. The Morgan fingerprint density at radius 1 is 0.741 bits per heavy atom. The molecule has 3 aliphatic heterocycles. The van der Waals surface area contributed by atoms with Gasteiger partial charge in [0, 0.05) is 45.8 Å². The number of amides is 4. The van der Waals surface area contributed by atoms with Crippen LogP contribution >= 0.6 is 0 Å². The SMILES string of the molecule is O=C(N=NC(=O)N1CCCCC1)N1CCCCC1.OCCN1CCOCC1. The van der Waals surface area contributed by atoms with E-state index in [4.69, 9.17) is 9.84 Å². The number of rotatable bonds is 2. The van der Waals surface area contributed by atoms with Crippen LogP contribution in [0.5, 0.6) is 0 Å². The third-order valence-corrected chi connectivity index (χ3v) is 4.99. The van der Waals surface area contributed by atoms with Crippen LogP contribution in [0, 0.1) is 0 Å². The second-order valence-corrected chi connectivity index (χ2v) is 7.04. The maximum Gasteiger partial charge on any atom is 0.362 e. The van der Waals surface area contributed by atoms with E-state index < -0.39 is 0 Å². The van der Waals surface area contributed by atoms with Gasteiger partial charge >= 0.3 is 12.1 Å². The van der Waals surface area contributed by atoms with E-state index in [1.165, 1.54) is 0 Å². The number of aliphatic hydroxyl groups excluding tert-OH is 1. The molecule has 9 nitrogen and oxygen atoms in total. The zero-order chi connectivity index (χ0) is 19.3. The number of aliphatic hydroxyl groups is 1. The number of urea groups is 2. The standard InChI is InChI=1S/C12H20N4O2.C6H13NO2/c17-11(15-7-3-1-4-8-15)13-14-12(18)16-9-5-2-6-10-16;8-4-1-7-2-5-9-6-3-7/h1-10H2;8H,1-6H2. The molecular formula is C18H33N5O4. The first-order valence-corrected chi connectivity index (χ1v) is 10.1. The summed E-state index contributed by atoms with van der Waals surface area (Å²) in [5.41, 5.74) is 0. The van der Waals surface area contributed by atoms with Crippen molar-refractivity contribution in [3.63, 3.8) is 0 Å². The van der Waals surface area contributed by atoms with Gasteiger partial charge < -0.3 is 19.6 Å². The van der Waals surface area contributed by atoms with Crippen molar-refractivity contribution in [3.05, 3.63) is 0 Å². The number of piperidine rings is 2. The molecule has 4 amide bonds. The molecule has 9 heteroatoms. The molecule has 0 spiro atoms. The summed E-state index contributed by atoms with van der Waals surface area (Å²) in [6.45, 7) is 7.57. The van der Waals surface area contributed by atoms with E-state index in [2.05, 4.69) is 15.1 Å². The Bertz CT molecular complexity index is 436. The minimum absolute atomic E-state index is 0.264. The van der Waals surface area contributed by atoms with E-state index in [9.17, 15) is 9.59 Å². The van der Waals surface area contributed by atoms with Gasteiger partial charge in [-0.3, -0.25) is 4.90 Å². The van der Waals surface area contributed by atoms with Crippen LogP contribution in [-0.2, 0) is 4.74 Å². The highest BCUT2D eigenvalue weighted by Crippen LogP contribution is 2.12. The Kier molecular flexibility index (Phi) is 10.3. The number of hydrogen-bond acceptors (Lipinski definition) is 5. The van der Waals surface area contributed by atoms with Gasteiger partial charge in [0.1, 0.15) is 0 Å². The molecule has 0 saturated carbocycles. The van der Waals surface area contributed by atoms with Crippen LogP contribution in [0.3, 0.4) is 0 Å². The zero-order valence-corrected chi connectivity index (χ0v) is 16.2. The fourth-order valence-electron chi connectivity index (χ4n) is 3.35. The molecular weight excluding hydrogens is 350 g/mol. The Morgan fingerprint density at radius 2 is 1.19 bits per heavy atom. The van der Waals surface area contributed by atoms with Crippen LogP contribution < -0.4 is 0 Å². The highest BCUT2D eigenvalue weighted by atomic mass is 16.5. The molecule has 154 valence electrons. The van der Waals surface area contributed by atoms with Crippen molar-refractivity contribution >= 4 is 12.1 Å². The van der Waals surface area contributed by atoms with Gasteiger partial charge in [0.15, 0.2) is 0 Å². The van der Waals surface area contributed by atoms with Crippen molar-refractivity contribution in [2.75, 3.05) is 65.6 Å². The summed E-state index contributed by atoms with van der Waals surface area (Å²) in [5.74, 6) is 0. The molecule has 27 heavy (non-hydrogen) atoms. The molecule has 3 rings (SSSR count). The van der Waals surface area contributed by atoms with Gasteiger partial charge in [0.25, 0.3) is 0 Å². The smallest absolute Gasteiger partial charge is 0.362 e. The van der Waals surface area contributed by atoms with Crippen molar-refractivity contribution in [1.29, 1.82) is 0 Å². The second kappa shape index (κ2) is 12.7. The number of hydrogen-bond donors (Lipinski definition) is 1. The van der Waals surface area contributed by atoms with E-state index in [0.717, 1.165) is 97.6 Å². The van der Waals surface area contributed by atoms with Crippen molar-refractivity contribution in [3.8, 4) is 0 Å². The average Bonchev–Trinajstić information content (AvgIpc) is 2.74. The van der Waals surface area contributed by atoms with Gasteiger partial charge in [-0.2, -0.15) is 0 Å². The van der Waals surface area contributed by atoms with Gasteiger partial charge in [-0.15, -0.1) is 0 Å². The summed E-state index contributed by atoms with van der Waals surface area (Å²) in [6, 6.07) is -0.750. The van der Waals surface area contributed by atoms with Crippen molar-refractivity contribution in [2.45, 2.75) is 38.5 Å². The minimum atomic E-state index is -0.375. The number of β-amino-alcohol motifs (C(OH)–C–C–N with tert-alkyl or cyclic N) is 1. The monoisotopic (exact) mass is 383 g/mol. The van der Waals surface area contributed by atoms with E-state index in [0.29, 0.717) is 0 Å². The summed E-state index contributed by atoms with van der Waals surface area (Å²) in [7, 11) is 0. The molecule has 0 radical (unpaired) electrons. The molecule has 0 aliphatic carbocycles. The lowest BCUT2D eigenvalue weighted by Gasteiger charge is -2.25. The molecule has 0 aromatic carbocycles. The van der Waals surface area contributed by atoms with E-state index in [1.54, 1.807) is 9.80 Å². The van der Waals surface area contributed by atoms with E-state index >= 15 is 0 Å². The van der Waals surface area contributed by atoms with E-state index in [-0.39, 0.29) is 18.7 Å². The van der Waals surface area contributed by atoms with Gasteiger partial charge in [0.2, 0.25) is 0 Å². The summed E-state index contributed by atoms with van der Waals surface area (Å²) in [4.78, 5) is 28.9. The molecule has 3 saturated heterocycles. The molecule has 0 unspecified atom stereocenters. The maximum absolute atomic E-state index is 11.7. The van der Waals surface area contributed by atoms with Crippen LogP contribution in [-0.4, -0.2) is 97.5 Å². The van der Waals surface area contributed by atoms with E-state index in [1.807, 2.05) is 0 Å². The predicted octanol–water partition coefficient (Wildman–Crippen LogP) is 1.96. The van der Waals surface area contributed by atoms with Gasteiger partial charge in [-0.05, 0) is 38.5 Å². The fourth-order valence-corrected chi connectivity index (χ4v) is 3.35. The molecule has 0 aromatic heterocycles. The van der Waals surface area contributed by atoms with Crippen molar-refractivity contribution < 1.29 is 19.4 Å². The van der Waals surface area contributed by atoms with Crippen LogP contribution in [0.2, 0.25) is 0 Å². The number of morpholine rings is 1. The highest BCUT2D eigenvalue weighted by molar-refractivity contribution is 5.79. The predicted molar refractivity (Wildman–Crippen MR) is 101 cm³/mol. The third-order valence-electron chi connectivity index (χ3n) is 4.99. The summed E-state index contributed by atoms with van der Waals surface area (Å²) in [5, 5.41) is 15.6. The van der Waals surface area contributed by atoms with Crippen LogP contribution in [0.1, 0.15) is 38.5 Å². The summed E-state index contributed by atoms with van der Waals surface area (Å²) < 4.78 is 5.12. The van der Waals surface area contributed by atoms with Crippen LogP contribution in [0.4, 0.5) is 9.59 Å². The number of nitrogens with zero attached hydrogens (tertiary/aromatic N) is 5. The lowest BCUT2D eigenvalue weighted by Crippen LogP contribution is -2.37. The topological polar surface area (TPSA) is 98.0 Å². The first-order valence-electron chi connectivity index (χ1n) is 10.1. The Balaban J connectivity index is 0.000000244. The fraction of sp³-hybridized carbons (Fsp3) is 0.889. The van der Waals surface area contributed by atoms with Gasteiger partial charge in [-0.1, -0.05) is 10.2 Å². The van der Waals surface area contributed by atoms with Crippen molar-refractivity contribution in [1.82, 2.24) is 14.7 Å².